The first kappa shape index (κ1) is 13.8. The zero-order valence-electron chi connectivity index (χ0n) is 11.1. The van der Waals surface area contributed by atoms with Gasteiger partial charge < -0.3 is 10.1 Å². The van der Waals surface area contributed by atoms with Crippen LogP contribution < -0.4 is 10.1 Å². The number of rotatable bonds is 4. The lowest BCUT2D eigenvalue weighted by Gasteiger charge is -2.10. The summed E-state index contributed by atoms with van der Waals surface area (Å²) in [6.07, 6.45) is 3.59. The molecule has 0 saturated carbocycles. The lowest BCUT2D eigenvalue weighted by atomic mass is 10.1. The zero-order valence-corrected chi connectivity index (χ0v) is 12.7. The third-order valence-electron chi connectivity index (χ3n) is 2.54. The molecule has 0 bridgehead atoms. The molecule has 4 nitrogen and oxygen atoms in total. The summed E-state index contributed by atoms with van der Waals surface area (Å²) in [6, 6.07) is 6.16. The first-order chi connectivity index (χ1) is 9.10. The average molecular weight is 322 g/mol. The van der Waals surface area contributed by atoms with Gasteiger partial charge >= 0.3 is 0 Å². The Morgan fingerprint density at radius 1 is 1.21 bits per heavy atom. The first-order valence-corrected chi connectivity index (χ1v) is 6.82. The highest BCUT2D eigenvalue weighted by molar-refractivity contribution is 9.10. The minimum Gasteiger partial charge on any atom is -0.496 e. The Labute approximate surface area is 121 Å². The van der Waals surface area contributed by atoms with E-state index in [4.69, 9.17) is 4.74 Å². The van der Waals surface area contributed by atoms with E-state index in [2.05, 4.69) is 45.1 Å². The Hall–Kier alpha value is -1.62. The maximum Gasteiger partial charge on any atom is 0.222 e. The summed E-state index contributed by atoms with van der Waals surface area (Å²) in [4.78, 5) is 8.61. The van der Waals surface area contributed by atoms with Crippen LogP contribution in [0.3, 0.4) is 0 Å². The SMILES string of the molecule is COc1ccc(Br)cc1-c1cnc(NC(C)C)nc1. The Morgan fingerprint density at radius 2 is 1.89 bits per heavy atom. The number of anilines is 1. The fourth-order valence-corrected chi connectivity index (χ4v) is 2.07. The van der Waals surface area contributed by atoms with Crippen molar-refractivity contribution in [3.8, 4) is 16.9 Å². The molecular formula is C14H16BrN3O. The molecule has 2 rings (SSSR count). The van der Waals surface area contributed by atoms with Gasteiger partial charge in [0.25, 0.3) is 0 Å². The molecule has 1 aromatic carbocycles. The summed E-state index contributed by atoms with van der Waals surface area (Å²) < 4.78 is 6.35. The van der Waals surface area contributed by atoms with E-state index in [1.807, 2.05) is 18.2 Å². The largest absolute Gasteiger partial charge is 0.496 e. The molecule has 0 spiro atoms. The number of hydrogen-bond acceptors (Lipinski definition) is 4. The van der Waals surface area contributed by atoms with Crippen LogP contribution in [0, 0.1) is 0 Å². The summed E-state index contributed by atoms with van der Waals surface area (Å²) >= 11 is 3.46. The highest BCUT2D eigenvalue weighted by atomic mass is 79.9. The van der Waals surface area contributed by atoms with E-state index in [1.54, 1.807) is 19.5 Å². The molecular weight excluding hydrogens is 306 g/mol. The number of methoxy groups -OCH3 is 1. The van der Waals surface area contributed by atoms with Gasteiger partial charge in [-0.25, -0.2) is 9.97 Å². The number of ether oxygens (including phenoxy) is 1. The van der Waals surface area contributed by atoms with Crippen molar-refractivity contribution in [3.05, 3.63) is 35.1 Å². The van der Waals surface area contributed by atoms with Crippen LogP contribution in [0.5, 0.6) is 5.75 Å². The van der Waals surface area contributed by atoms with Crippen LogP contribution in [0.15, 0.2) is 35.1 Å². The lowest BCUT2D eigenvalue weighted by molar-refractivity contribution is 0.416. The second kappa shape index (κ2) is 6.02. The molecule has 0 amide bonds. The molecule has 1 heterocycles. The van der Waals surface area contributed by atoms with Crippen molar-refractivity contribution in [2.24, 2.45) is 0 Å². The molecule has 1 aromatic heterocycles. The molecule has 0 saturated heterocycles. The average Bonchev–Trinajstić information content (AvgIpc) is 2.39. The van der Waals surface area contributed by atoms with Gasteiger partial charge in [0.2, 0.25) is 5.95 Å². The smallest absolute Gasteiger partial charge is 0.222 e. The van der Waals surface area contributed by atoms with E-state index < -0.39 is 0 Å². The molecule has 0 fully saturated rings. The Kier molecular flexibility index (Phi) is 4.37. The second-order valence-electron chi connectivity index (χ2n) is 4.44. The van der Waals surface area contributed by atoms with Crippen LogP contribution >= 0.6 is 15.9 Å². The van der Waals surface area contributed by atoms with Gasteiger partial charge in [-0.15, -0.1) is 0 Å². The highest BCUT2D eigenvalue weighted by Gasteiger charge is 2.08. The Balaban J connectivity index is 2.34. The van der Waals surface area contributed by atoms with E-state index in [0.717, 1.165) is 21.3 Å². The molecule has 5 heteroatoms. The van der Waals surface area contributed by atoms with Crippen LogP contribution in [-0.4, -0.2) is 23.1 Å². The van der Waals surface area contributed by atoms with Gasteiger partial charge in [0.15, 0.2) is 0 Å². The first-order valence-electron chi connectivity index (χ1n) is 6.02. The van der Waals surface area contributed by atoms with Gasteiger partial charge in [0.05, 0.1) is 7.11 Å². The van der Waals surface area contributed by atoms with E-state index in [0.29, 0.717) is 12.0 Å². The van der Waals surface area contributed by atoms with E-state index in [9.17, 15) is 0 Å². The molecule has 0 aliphatic heterocycles. The predicted molar refractivity (Wildman–Crippen MR) is 80.5 cm³/mol. The summed E-state index contributed by atoms with van der Waals surface area (Å²) in [6.45, 7) is 4.10. The number of nitrogens with zero attached hydrogens (tertiary/aromatic N) is 2. The molecule has 1 N–H and O–H groups in total. The van der Waals surface area contributed by atoms with Gasteiger partial charge in [-0.1, -0.05) is 15.9 Å². The Bertz CT molecular complexity index is 555. The van der Waals surface area contributed by atoms with Crippen molar-refractivity contribution >= 4 is 21.9 Å². The van der Waals surface area contributed by atoms with Crippen LogP contribution in [0.25, 0.3) is 11.1 Å². The van der Waals surface area contributed by atoms with Crippen LogP contribution in [0.4, 0.5) is 5.95 Å². The van der Waals surface area contributed by atoms with Crippen molar-refractivity contribution in [2.75, 3.05) is 12.4 Å². The molecule has 100 valence electrons. The summed E-state index contributed by atoms with van der Waals surface area (Å²) in [5, 5.41) is 3.16. The summed E-state index contributed by atoms with van der Waals surface area (Å²) in [7, 11) is 1.66. The maximum absolute atomic E-state index is 5.36. The fraction of sp³-hybridized carbons (Fsp3) is 0.286. The number of halogens is 1. The molecule has 0 aliphatic carbocycles. The van der Waals surface area contributed by atoms with Crippen molar-refractivity contribution in [3.63, 3.8) is 0 Å². The van der Waals surface area contributed by atoms with E-state index in [1.165, 1.54) is 0 Å². The van der Waals surface area contributed by atoms with Crippen molar-refractivity contribution in [2.45, 2.75) is 19.9 Å². The molecule has 0 aliphatic rings. The van der Waals surface area contributed by atoms with Crippen molar-refractivity contribution in [1.82, 2.24) is 9.97 Å². The molecule has 0 radical (unpaired) electrons. The van der Waals surface area contributed by atoms with Gasteiger partial charge in [-0.05, 0) is 32.0 Å². The van der Waals surface area contributed by atoms with E-state index in [-0.39, 0.29) is 0 Å². The van der Waals surface area contributed by atoms with Crippen LogP contribution in [0.2, 0.25) is 0 Å². The van der Waals surface area contributed by atoms with Crippen LogP contribution in [0.1, 0.15) is 13.8 Å². The van der Waals surface area contributed by atoms with E-state index >= 15 is 0 Å². The monoisotopic (exact) mass is 321 g/mol. The molecule has 0 unspecified atom stereocenters. The number of nitrogens with one attached hydrogen (secondary N) is 1. The number of benzene rings is 1. The van der Waals surface area contributed by atoms with Gasteiger partial charge in [-0.3, -0.25) is 0 Å². The normalized spacial score (nSPS) is 10.6. The van der Waals surface area contributed by atoms with Crippen LogP contribution in [-0.2, 0) is 0 Å². The standard InChI is InChI=1S/C14H16BrN3O/c1-9(2)18-14-16-7-10(8-17-14)12-6-11(15)4-5-13(12)19-3/h4-9H,1-3H3,(H,16,17,18). The van der Waals surface area contributed by atoms with Gasteiger partial charge in [0, 0.05) is 34.0 Å². The topological polar surface area (TPSA) is 47.0 Å². The van der Waals surface area contributed by atoms with Crippen molar-refractivity contribution < 1.29 is 4.74 Å². The third kappa shape index (κ3) is 3.44. The van der Waals surface area contributed by atoms with Gasteiger partial charge in [-0.2, -0.15) is 0 Å². The predicted octanol–water partition coefficient (Wildman–Crippen LogP) is 3.74. The summed E-state index contributed by atoms with van der Waals surface area (Å²) in [5.41, 5.74) is 1.89. The quantitative estimate of drug-likeness (QED) is 0.932. The number of aromatic nitrogens is 2. The second-order valence-corrected chi connectivity index (χ2v) is 5.35. The maximum atomic E-state index is 5.36. The molecule has 2 aromatic rings. The summed E-state index contributed by atoms with van der Waals surface area (Å²) in [5.74, 6) is 1.43. The molecule has 19 heavy (non-hydrogen) atoms. The van der Waals surface area contributed by atoms with Crippen molar-refractivity contribution in [1.29, 1.82) is 0 Å². The minimum absolute atomic E-state index is 0.311. The fourth-order valence-electron chi connectivity index (χ4n) is 1.71. The molecule has 0 atom stereocenters. The third-order valence-corrected chi connectivity index (χ3v) is 3.04. The zero-order chi connectivity index (χ0) is 13.8. The highest BCUT2D eigenvalue weighted by Crippen LogP contribution is 2.31. The number of hydrogen-bond donors (Lipinski definition) is 1. The lowest BCUT2D eigenvalue weighted by Crippen LogP contribution is -2.12. The van der Waals surface area contributed by atoms with Gasteiger partial charge in [0.1, 0.15) is 5.75 Å². The minimum atomic E-state index is 0.311. The Morgan fingerprint density at radius 3 is 2.47 bits per heavy atom.